The third-order valence-electron chi connectivity index (χ3n) is 4.68. The van der Waals surface area contributed by atoms with Gasteiger partial charge in [-0.15, -0.1) is 0 Å². The molecule has 0 fully saturated rings. The number of carbonyl (C=O) groups excluding carboxylic acids is 1. The smallest absolute Gasteiger partial charge is 0.344 e. The topological polar surface area (TPSA) is 102 Å². The molecule has 0 saturated carbocycles. The number of benzene rings is 3. The first-order chi connectivity index (χ1) is 15.4. The molecule has 1 heterocycles. The second kappa shape index (κ2) is 8.87. The maximum absolute atomic E-state index is 12.4. The Hall–Kier alpha value is -4.23. The number of nitrogens with zero attached hydrogens (tertiary/aromatic N) is 1. The molecule has 0 radical (unpaired) electrons. The summed E-state index contributed by atoms with van der Waals surface area (Å²) >= 11 is 6.38. The number of carbonyl (C=O) groups is 1. The van der Waals surface area contributed by atoms with E-state index in [4.69, 9.17) is 16.0 Å². The van der Waals surface area contributed by atoms with Crippen LogP contribution in [0.4, 0.5) is 11.4 Å². The fraction of sp³-hybridized carbons (Fsp3) is 0. The summed E-state index contributed by atoms with van der Waals surface area (Å²) in [4.78, 5) is 35.0. The Balaban J connectivity index is 1.53. The van der Waals surface area contributed by atoms with Crippen molar-refractivity contribution in [3.8, 4) is 11.1 Å². The molecule has 0 spiro atoms. The molecular weight excluding hydrogens is 432 g/mol. The Bertz CT molecular complexity index is 1440. The summed E-state index contributed by atoms with van der Waals surface area (Å²) in [7, 11) is 0. The fourth-order valence-corrected chi connectivity index (χ4v) is 3.44. The minimum absolute atomic E-state index is 0.0619. The van der Waals surface area contributed by atoms with Crippen molar-refractivity contribution in [3.05, 3.63) is 110 Å². The molecule has 8 heteroatoms. The summed E-state index contributed by atoms with van der Waals surface area (Å²) in [6.45, 7) is 0. The molecule has 0 bridgehead atoms. The van der Waals surface area contributed by atoms with E-state index in [1.165, 1.54) is 36.4 Å². The van der Waals surface area contributed by atoms with E-state index in [2.05, 4.69) is 5.32 Å². The highest BCUT2D eigenvalue weighted by Crippen LogP contribution is 2.30. The van der Waals surface area contributed by atoms with Crippen LogP contribution in [0.15, 0.2) is 88.1 Å². The van der Waals surface area contributed by atoms with Gasteiger partial charge >= 0.3 is 5.63 Å². The maximum atomic E-state index is 12.4. The van der Waals surface area contributed by atoms with Crippen molar-refractivity contribution in [1.82, 2.24) is 0 Å². The molecule has 3 aromatic carbocycles. The summed E-state index contributed by atoms with van der Waals surface area (Å²) < 4.78 is 5.36. The summed E-state index contributed by atoms with van der Waals surface area (Å²) in [5, 5.41) is 14.5. The Kier molecular flexibility index (Phi) is 5.83. The lowest BCUT2D eigenvalue weighted by molar-refractivity contribution is -0.384. The lowest BCUT2D eigenvalue weighted by Gasteiger charge is -2.08. The van der Waals surface area contributed by atoms with Gasteiger partial charge in [-0.25, -0.2) is 4.79 Å². The summed E-state index contributed by atoms with van der Waals surface area (Å²) in [6.07, 6.45) is 2.73. The van der Waals surface area contributed by atoms with Gasteiger partial charge in [-0.05, 0) is 35.9 Å². The monoisotopic (exact) mass is 446 g/mol. The first-order valence-electron chi connectivity index (χ1n) is 9.47. The van der Waals surface area contributed by atoms with Crippen molar-refractivity contribution in [2.24, 2.45) is 0 Å². The largest absolute Gasteiger partial charge is 0.422 e. The van der Waals surface area contributed by atoms with Crippen molar-refractivity contribution in [2.75, 3.05) is 5.32 Å². The number of hydrogen-bond donors (Lipinski definition) is 1. The Morgan fingerprint density at radius 1 is 1.00 bits per heavy atom. The van der Waals surface area contributed by atoms with Crippen LogP contribution >= 0.6 is 11.6 Å². The molecular formula is C24H15ClN2O5. The average Bonchev–Trinajstić information content (AvgIpc) is 2.78. The Morgan fingerprint density at radius 2 is 1.81 bits per heavy atom. The molecule has 1 N–H and O–H groups in total. The van der Waals surface area contributed by atoms with Gasteiger partial charge < -0.3 is 9.73 Å². The second-order valence-corrected chi connectivity index (χ2v) is 7.26. The molecule has 4 aromatic rings. The van der Waals surface area contributed by atoms with Gasteiger partial charge in [-0.3, -0.25) is 14.9 Å². The third kappa shape index (κ3) is 4.58. The SMILES string of the molecule is O=C(/C=C/c1cccc([N+](=O)[O-])c1)Nc1ccc(-c2cc3ccccc3oc2=O)c(Cl)c1. The van der Waals surface area contributed by atoms with Crippen molar-refractivity contribution in [1.29, 1.82) is 0 Å². The van der Waals surface area contributed by atoms with Crippen LogP contribution in [0, 0.1) is 10.1 Å². The molecule has 0 atom stereocenters. The van der Waals surface area contributed by atoms with Gasteiger partial charge in [0.2, 0.25) is 5.91 Å². The van der Waals surface area contributed by atoms with Crippen molar-refractivity contribution in [3.63, 3.8) is 0 Å². The van der Waals surface area contributed by atoms with Crippen LogP contribution in [0.3, 0.4) is 0 Å². The van der Waals surface area contributed by atoms with Gasteiger partial charge in [0.1, 0.15) is 5.58 Å². The van der Waals surface area contributed by atoms with Crippen LogP contribution in [-0.4, -0.2) is 10.8 Å². The number of amides is 1. The van der Waals surface area contributed by atoms with Crippen LogP contribution in [-0.2, 0) is 4.79 Å². The number of halogens is 1. The first kappa shape index (κ1) is 21.0. The molecule has 4 rings (SSSR count). The Labute approximate surface area is 186 Å². The van der Waals surface area contributed by atoms with Crippen molar-refractivity contribution in [2.45, 2.75) is 0 Å². The highest BCUT2D eigenvalue weighted by molar-refractivity contribution is 6.33. The number of rotatable bonds is 5. The van der Waals surface area contributed by atoms with Gasteiger partial charge in [-0.1, -0.05) is 48.0 Å². The maximum Gasteiger partial charge on any atom is 0.344 e. The molecule has 158 valence electrons. The standard InChI is InChI=1S/C24H15ClN2O5/c25-21-14-17(26-23(28)11-8-15-4-3-6-18(12-15)27(30)31)9-10-19(21)20-13-16-5-1-2-7-22(16)32-24(20)29/h1-14H,(H,26,28)/b11-8+. The summed E-state index contributed by atoms with van der Waals surface area (Å²) in [5.41, 5.74) is 1.66. The van der Waals surface area contributed by atoms with E-state index in [1.807, 2.05) is 12.1 Å². The number of fused-ring (bicyclic) bond motifs is 1. The molecule has 32 heavy (non-hydrogen) atoms. The zero-order valence-corrected chi connectivity index (χ0v) is 17.2. The Morgan fingerprint density at radius 3 is 2.59 bits per heavy atom. The molecule has 0 unspecified atom stereocenters. The number of nitrogens with one attached hydrogen (secondary N) is 1. The molecule has 1 amide bonds. The van der Waals surface area contributed by atoms with E-state index in [0.717, 1.165) is 5.39 Å². The van der Waals surface area contributed by atoms with Crippen LogP contribution < -0.4 is 10.9 Å². The van der Waals surface area contributed by atoms with E-state index in [9.17, 15) is 19.7 Å². The molecule has 1 aromatic heterocycles. The number of anilines is 1. The van der Waals surface area contributed by atoms with Crippen molar-refractivity contribution < 1.29 is 14.1 Å². The quantitative estimate of drug-likeness (QED) is 0.184. The van der Waals surface area contributed by atoms with Gasteiger partial charge in [0.15, 0.2) is 0 Å². The first-order valence-corrected chi connectivity index (χ1v) is 9.85. The lowest BCUT2D eigenvalue weighted by Crippen LogP contribution is -2.08. The van der Waals surface area contributed by atoms with Crippen LogP contribution in [0.2, 0.25) is 5.02 Å². The number of non-ortho nitro benzene ring substituents is 1. The third-order valence-corrected chi connectivity index (χ3v) is 4.99. The zero-order chi connectivity index (χ0) is 22.7. The minimum Gasteiger partial charge on any atom is -0.422 e. The highest BCUT2D eigenvalue weighted by atomic mass is 35.5. The lowest BCUT2D eigenvalue weighted by atomic mass is 10.1. The predicted molar refractivity (Wildman–Crippen MR) is 124 cm³/mol. The molecule has 0 aliphatic carbocycles. The van der Waals surface area contributed by atoms with E-state index in [0.29, 0.717) is 28.0 Å². The van der Waals surface area contributed by atoms with Crippen LogP contribution in [0.25, 0.3) is 28.2 Å². The molecule has 7 nitrogen and oxygen atoms in total. The van der Waals surface area contributed by atoms with E-state index in [-0.39, 0.29) is 10.7 Å². The summed E-state index contributed by atoms with van der Waals surface area (Å²) in [5.74, 6) is -0.439. The second-order valence-electron chi connectivity index (χ2n) is 6.85. The molecule has 0 aliphatic rings. The fourth-order valence-electron chi connectivity index (χ4n) is 3.16. The van der Waals surface area contributed by atoms with Crippen molar-refractivity contribution >= 4 is 45.9 Å². The van der Waals surface area contributed by atoms with Gasteiger partial charge in [0, 0.05) is 34.8 Å². The van der Waals surface area contributed by atoms with Crippen LogP contribution in [0.5, 0.6) is 0 Å². The normalized spacial score (nSPS) is 11.0. The van der Waals surface area contributed by atoms with E-state index >= 15 is 0 Å². The van der Waals surface area contributed by atoms with Crippen LogP contribution in [0.1, 0.15) is 5.56 Å². The summed E-state index contributed by atoms with van der Waals surface area (Å²) in [6, 6.07) is 19.6. The predicted octanol–water partition coefficient (Wildman–Crippen LogP) is 5.67. The molecule has 0 saturated heterocycles. The highest BCUT2D eigenvalue weighted by Gasteiger charge is 2.12. The van der Waals surface area contributed by atoms with E-state index in [1.54, 1.807) is 36.4 Å². The average molecular weight is 447 g/mol. The van der Waals surface area contributed by atoms with Gasteiger partial charge in [0.25, 0.3) is 5.69 Å². The number of hydrogen-bond acceptors (Lipinski definition) is 5. The number of nitro benzene ring substituents is 1. The number of nitro groups is 1. The van der Waals surface area contributed by atoms with E-state index < -0.39 is 16.5 Å². The minimum atomic E-state index is -0.512. The molecule has 0 aliphatic heterocycles. The zero-order valence-electron chi connectivity index (χ0n) is 16.4. The van der Waals surface area contributed by atoms with Gasteiger partial charge in [0.05, 0.1) is 15.5 Å². The van der Waals surface area contributed by atoms with Gasteiger partial charge in [-0.2, -0.15) is 0 Å². The number of para-hydroxylation sites is 1.